The largest absolute Gasteiger partial charge is 0.487 e. The van der Waals surface area contributed by atoms with E-state index in [1.807, 2.05) is 24.4 Å². The third-order valence-corrected chi connectivity index (χ3v) is 3.94. The maximum Gasteiger partial charge on any atom is 0.124 e. The molecule has 1 aromatic carbocycles. The predicted octanol–water partition coefficient (Wildman–Crippen LogP) is 2.86. The van der Waals surface area contributed by atoms with Gasteiger partial charge in [0.15, 0.2) is 0 Å². The third-order valence-electron chi connectivity index (χ3n) is 3.94. The van der Waals surface area contributed by atoms with Gasteiger partial charge in [0.2, 0.25) is 0 Å². The van der Waals surface area contributed by atoms with E-state index in [1.54, 1.807) is 0 Å². The van der Waals surface area contributed by atoms with Crippen LogP contribution in [-0.4, -0.2) is 33.6 Å². The lowest BCUT2D eigenvalue weighted by molar-refractivity contribution is 0.0120. The Kier molecular flexibility index (Phi) is 4.25. The maximum atomic E-state index is 6.04. The molecule has 0 saturated carbocycles. The molecule has 0 spiro atoms. The van der Waals surface area contributed by atoms with Crippen LogP contribution >= 0.6 is 0 Å². The van der Waals surface area contributed by atoms with Crippen LogP contribution in [0, 0.1) is 6.92 Å². The molecule has 2 aromatic rings. The second-order valence-electron chi connectivity index (χ2n) is 5.74. The normalized spacial score (nSPS) is 15.9. The van der Waals surface area contributed by atoms with E-state index in [2.05, 4.69) is 40.6 Å². The minimum absolute atomic E-state index is 0.306. The first kappa shape index (κ1) is 14.1. The molecule has 4 nitrogen and oxygen atoms in total. The Morgan fingerprint density at radius 1 is 1.29 bits per heavy atom. The first-order valence-corrected chi connectivity index (χ1v) is 7.71. The second kappa shape index (κ2) is 6.31. The van der Waals surface area contributed by atoms with Crippen molar-refractivity contribution < 1.29 is 4.74 Å². The summed E-state index contributed by atoms with van der Waals surface area (Å²) in [6.45, 7) is 8.21. The van der Waals surface area contributed by atoms with Crippen molar-refractivity contribution in [2.45, 2.75) is 39.5 Å². The van der Waals surface area contributed by atoms with Gasteiger partial charge >= 0.3 is 0 Å². The lowest BCUT2D eigenvalue weighted by Gasteiger charge is -2.39. The number of aromatic nitrogens is 2. The van der Waals surface area contributed by atoms with Crippen LogP contribution in [0.3, 0.4) is 0 Å². The van der Waals surface area contributed by atoms with E-state index in [0.717, 1.165) is 44.2 Å². The number of hydrogen-bond donors (Lipinski definition) is 0. The van der Waals surface area contributed by atoms with Gasteiger partial charge in [-0.1, -0.05) is 25.1 Å². The number of nitrogens with zero attached hydrogens (tertiary/aromatic N) is 3. The fraction of sp³-hybridized carbons (Fsp3) is 0.471. The lowest BCUT2D eigenvalue weighted by Crippen LogP contribution is -2.53. The van der Waals surface area contributed by atoms with Crippen molar-refractivity contribution in [3.05, 3.63) is 48.0 Å². The molecule has 21 heavy (non-hydrogen) atoms. The molecule has 0 unspecified atom stereocenters. The van der Waals surface area contributed by atoms with Crippen LogP contribution in [0.1, 0.15) is 24.7 Å². The molecule has 0 aliphatic carbocycles. The van der Waals surface area contributed by atoms with E-state index in [9.17, 15) is 0 Å². The summed E-state index contributed by atoms with van der Waals surface area (Å²) < 4.78 is 8.28. The van der Waals surface area contributed by atoms with Crippen LogP contribution < -0.4 is 4.74 Å². The molecule has 1 aliphatic rings. The Bertz CT molecular complexity index is 587. The van der Waals surface area contributed by atoms with Crippen LogP contribution in [0.25, 0.3) is 0 Å². The molecule has 2 heterocycles. The van der Waals surface area contributed by atoms with E-state index in [4.69, 9.17) is 4.74 Å². The first-order valence-electron chi connectivity index (χ1n) is 7.71. The average molecular weight is 285 g/mol. The van der Waals surface area contributed by atoms with Crippen molar-refractivity contribution >= 4 is 0 Å². The maximum absolute atomic E-state index is 6.04. The van der Waals surface area contributed by atoms with Gasteiger partial charge in [0.25, 0.3) is 0 Å². The van der Waals surface area contributed by atoms with Gasteiger partial charge in [-0.05, 0) is 25.0 Å². The number of rotatable bonds is 6. The fourth-order valence-corrected chi connectivity index (χ4v) is 2.73. The third kappa shape index (κ3) is 3.27. The van der Waals surface area contributed by atoms with E-state index < -0.39 is 0 Å². The first-order chi connectivity index (χ1) is 10.3. The van der Waals surface area contributed by atoms with Crippen molar-refractivity contribution in [3.63, 3.8) is 0 Å². The van der Waals surface area contributed by atoms with Gasteiger partial charge in [-0.25, -0.2) is 4.98 Å². The molecule has 0 N–H and O–H groups in total. The molecule has 0 bridgehead atoms. The molecule has 1 saturated heterocycles. The summed E-state index contributed by atoms with van der Waals surface area (Å²) in [5.74, 6) is 2.17. The smallest absolute Gasteiger partial charge is 0.124 e. The second-order valence-corrected chi connectivity index (χ2v) is 5.74. The number of likely N-dealkylation sites (tertiary alicyclic amines) is 1. The molecule has 3 rings (SSSR count). The standard InChI is InChI=1S/C17H23N3O/c1-3-9-20-10-8-18-17(20)13-19-11-15(12-19)21-16-7-5-4-6-14(16)2/h4-8,10,15H,3,9,11-13H2,1-2H3. The SMILES string of the molecule is CCCn1ccnc1CN1CC(Oc2ccccc2C)C1. The zero-order chi connectivity index (χ0) is 14.7. The number of aryl methyl sites for hydroxylation is 2. The number of imidazole rings is 1. The van der Waals surface area contributed by atoms with E-state index >= 15 is 0 Å². The highest BCUT2D eigenvalue weighted by molar-refractivity contribution is 5.32. The van der Waals surface area contributed by atoms with Crippen molar-refractivity contribution in [1.29, 1.82) is 0 Å². The highest BCUT2D eigenvalue weighted by Gasteiger charge is 2.29. The summed E-state index contributed by atoms with van der Waals surface area (Å²) in [5, 5.41) is 0. The Balaban J connectivity index is 1.50. The van der Waals surface area contributed by atoms with Crippen molar-refractivity contribution in [3.8, 4) is 5.75 Å². The number of ether oxygens (including phenoxy) is 1. The topological polar surface area (TPSA) is 30.3 Å². The molecule has 1 fully saturated rings. The molecule has 1 aromatic heterocycles. The minimum atomic E-state index is 0.306. The zero-order valence-electron chi connectivity index (χ0n) is 12.8. The monoisotopic (exact) mass is 285 g/mol. The molecular weight excluding hydrogens is 262 g/mol. The lowest BCUT2D eigenvalue weighted by atomic mass is 10.1. The van der Waals surface area contributed by atoms with Crippen LogP contribution in [0.4, 0.5) is 0 Å². The Morgan fingerprint density at radius 2 is 2.10 bits per heavy atom. The van der Waals surface area contributed by atoms with Crippen LogP contribution in [-0.2, 0) is 13.1 Å². The Labute approximate surface area is 126 Å². The Hall–Kier alpha value is -1.81. The van der Waals surface area contributed by atoms with E-state index in [0.29, 0.717) is 6.10 Å². The molecule has 0 amide bonds. The highest BCUT2D eigenvalue weighted by Crippen LogP contribution is 2.22. The Morgan fingerprint density at radius 3 is 2.86 bits per heavy atom. The summed E-state index contributed by atoms with van der Waals surface area (Å²) >= 11 is 0. The highest BCUT2D eigenvalue weighted by atomic mass is 16.5. The molecule has 4 heteroatoms. The van der Waals surface area contributed by atoms with Gasteiger partial charge < -0.3 is 9.30 Å². The van der Waals surface area contributed by atoms with Gasteiger partial charge in [0.05, 0.1) is 6.54 Å². The molecule has 0 radical (unpaired) electrons. The fourth-order valence-electron chi connectivity index (χ4n) is 2.73. The minimum Gasteiger partial charge on any atom is -0.487 e. The van der Waals surface area contributed by atoms with Crippen LogP contribution in [0.2, 0.25) is 0 Å². The van der Waals surface area contributed by atoms with Crippen molar-refractivity contribution in [2.24, 2.45) is 0 Å². The van der Waals surface area contributed by atoms with Gasteiger partial charge in [-0.3, -0.25) is 4.90 Å². The van der Waals surface area contributed by atoms with E-state index in [-0.39, 0.29) is 0 Å². The van der Waals surface area contributed by atoms with Gasteiger partial charge in [-0.2, -0.15) is 0 Å². The van der Waals surface area contributed by atoms with Gasteiger partial charge in [0.1, 0.15) is 17.7 Å². The van der Waals surface area contributed by atoms with Crippen LogP contribution in [0.15, 0.2) is 36.7 Å². The quantitative estimate of drug-likeness (QED) is 0.817. The number of benzene rings is 1. The van der Waals surface area contributed by atoms with Crippen molar-refractivity contribution in [2.75, 3.05) is 13.1 Å². The summed E-state index contributed by atoms with van der Waals surface area (Å²) in [7, 11) is 0. The summed E-state index contributed by atoms with van der Waals surface area (Å²) in [6, 6.07) is 8.21. The molecule has 0 atom stereocenters. The van der Waals surface area contributed by atoms with Gasteiger partial charge in [0, 0.05) is 32.0 Å². The molecular formula is C17H23N3O. The summed E-state index contributed by atoms with van der Waals surface area (Å²) in [5.41, 5.74) is 1.20. The van der Waals surface area contributed by atoms with Gasteiger partial charge in [-0.15, -0.1) is 0 Å². The summed E-state index contributed by atoms with van der Waals surface area (Å²) in [6.07, 6.45) is 5.41. The average Bonchev–Trinajstić information content (AvgIpc) is 2.86. The number of hydrogen-bond acceptors (Lipinski definition) is 3. The zero-order valence-corrected chi connectivity index (χ0v) is 12.8. The predicted molar refractivity (Wildman–Crippen MR) is 83.4 cm³/mol. The summed E-state index contributed by atoms with van der Waals surface area (Å²) in [4.78, 5) is 6.85. The number of para-hydroxylation sites is 1. The molecule has 1 aliphatic heterocycles. The molecule has 112 valence electrons. The van der Waals surface area contributed by atoms with Crippen LogP contribution in [0.5, 0.6) is 5.75 Å². The van der Waals surface area contributed by atoms with E-state index in [1.165, 1.54) is 5.56 Å². The van der Waals surface area contributed by atoms with Crippen molar-refractivity contribution in [1.82, 2.24) is 14.5 Å².